The van der Waals surface area contributed by atoms with Gasteiger partial charge in [-0.3, -0.25) is 14.6 Å². The molecule has 2 aromatic rings. The highest BCUT2D eigenvalue weighted by atomic mass is 19.1. The predicted molar refractivity (Wildman–Crippen MR) is 105 cm³/mol. The molecular formula is C20H21FN6O3. The van der Waals surface area contributed by atoms with Crippen LogP contribution in [0.15, 0.2) is 29.5 Å². The van der Waals surface area contributed by atoms with Crippen LogP contribution in [-0.4, -0.2) is 58.0 Å². The fourth-order valence-electron chi connectivity index (χ4n) is 3.96. The third-order valence-electron chi connectivity index (χ3n) is 5.56. The van der Waals surface area contributed by atoms with Gasteiger partial charge in [-0.2, -0.15) is 10.4 Å². The molecule has 0 aliphatic carbocycles. The number of carbonyl (C=O) groups excluding carboxylic acids is 1. The summed E-state index contributed by atoms with van der Waals surface area (Å²) in [6.45, 7) is 1.11. The van der Waals surface area contributed by atoms with Crippen LogP contribution in [0.4, 0.5) is 10.1 Å². The number of piperidine rings is 1. The van der Waals surface area contributed by atoms with Crippen LogP contribution in [0.5, 0.6) is 5.75 Å². The Bertz CT molecular complexity index is 1070. The summed E-state index contributed by atoms with van der Waals surface area (Å²) in [5, 5.41) is 13.1. The number of ether oxygens (including phenoxy) is 1. The third kappa shape index (κ3) is 3.58. The minimum absolute atomic E-state index is 0.0310. The van der Waals surface area contributed by atoms with Crippen molar-refractivity contribution in [2.75, 3.05) is 31.1 Å². The van der Waals surface area contributed by atoms with E-state index in [-0.39, 0.29) is 31.2 Å². The smallest absolute Gasteiger partial charge is 0.290 e. The predicted octanol–water partition coefficient (Wildman–Crippen LogP) is 0.633. The summed E-state index contributed by atoms with van der Waals surface area (Å²) < 4.78 is 21.9. The number of amides is 1. The highest BCUT2D eigenvalue weighted by Crippen LogP contribution is 2.29. The van der Waals surface area contributed by atoms with Crippen LogP contribution < -0.4 is 15.2 Å². The number of rotatable bonds is 2. The van der Waals surface area contributed by atoms with Crippen LogP contribution in [0.25, 0.3) is 0 Å². The van der Waals surface area contributed by atoms with Crippen molar-refractivity contribution >= 4 is 11.6 Å². The van der Waals surface area contributed by atoms with Gasteiger partial charge in [0.05, 0.1) is 25.6 Å². The topological polar surface area (TPSA) is 104 Å². The van der Waals surface area contributed by atoms with Crippen LogP contribution in [0, 0.1) is 17.2 Å². The van der Waals surface area contributed by atoms with E-state index in [2.05, 4.69) is 10.1 Å². The molecule has 0 saturated carbocycles. The standard InChI is InChI=1S/C20H21FN6O3/c1-25-20(29)17(2-4-24-25)26-5-3-15(16(21)12-26)19(28)27-6-7-30-18-13(8-22)9-23-10-14(18)11-27/h2,4,9-10,15-16H,3,5-7,11-12H2,1H3/t15?,16-/m0/s1. The first-order valence-electron chi connectivity index (χ1n) is 9.69. The van der Waals surface area contributed by atoms with E-state index < -0.39 is 12.1 Å². The summed E-state index contributed by atoms with van der Waals surface area (Å²) in [4.78, 5) is 32.6. The summed E-state index contributed by atoms with van der Waals surface area (Å²) in [5.74, 6) is -0.646. The van der Waals surface area contributed by atoms with Gasteiger partial charge in [-0.05, 0) is 12.5 Å². The Kier molecular flexibility index (Phi) is 5.35. The summed E-state index contributed by atoms with van der Waals surface area (Å²) >= 11 is 0. The van der Waals surface area contributed by atoms with Gasteiger partial charge < -0.3 is 14.5 Å². The molecule has 0 aromatic carbocycles. The molecule has 4 rings (SSSR count). The second-order valence-electron chi connectivity index (χ2n) is 7.40. The zero-order chi connectivity index (χ0) is 21.3. The molecule has 0 bridgehead atoms. The molecule has 2 aromatic heterocycles. The maximum Gasteiger partial charge on any atom is 0.290 e. The largest absolute Gasteiger partial charge is 0.490 e. The van der Waals surface area contributed by atoms with Gasteiger partial charge >= 0.3 is 0 Å². The molecule has 4 heterocycles. The van der Waals surface area contributed by atoms with E-state index in [1.807, 2.05) is 6.07 Å². The van der Waals surface area contributed by atoms with E-state index in [1.54, 1.807) is 29.1 Å². The van der Waals surface area contributed by atoms with Gasteiger partial charge in [0.1, 0.15) is 35.8 Å². The van der Waals surface area contributed by atoms with Crippen molar-refractivity contribution in [1.82, 2.24) is 19.7 Å². The number of carbonyl (C=O) groups is 1. The number of hydrogen-bond acceptors (Lipinski definition) is 7. The molecule has 1 fully saturated rings. The van der Waals surface area contributed by atoms with E-state index in [9.17, 15) is 14.9 Å². The van der Waals surface area contributed by atoms with Gasteiger partial charge in [0.15, 0.2) is 0 Å². The van der Waals surface area contributed by atoms with Crippen molar-refractivity contribution in [3.63, 3.8) is 0 Å². The molecule has 156 valence electrons. The number of alkyl halides is 1. The minimum atomic E-state index is -1.41. The molecule has 1 amide bonds. The van der Waals surface area contributed by atoms with Crippen molar-refractivity contribution in [2.24, 2.45) is 13.0 Å². The van der Waals surface area contributed by atoms with Gasteiger partial charge in [-0.15, -0.1) is 0 Å². The van der Waals surface area contributed by atoms with Crippen LogP contribution in [-0.2, 0) is 18.4 Å². The number of hydrogen-bond donors (Lipinski definition) is 0. The van der Waals surface area contributed by atoms with E-state index in [4.69, 9.17) is 4.74 Å². The summed E-state index contributed by atoms with van der Waals surface area (Å²) in [6.07, 6.45) is 3.38. The normalized spacial score (nSPS) is 21.2. The van der Waals surface area contributed by atoms with Gasteiger partial charge in [0.25, 0.3) is 5.56 Å². The fraction of sp³-hybridized carbons (Fsp3) is 0.450. The first kappa shape index (κ1) is 19.8. The number of aryl methyl sites for hydroxylation is 1. The quantitative estimate of drug-likeness (QED) is 0.713. The molecule has 1 unspecified atom stereocenters. The van der Waals surface area contributed by atoms with E-state index in [1.165, 1.54) is 17.1 Å². The molecule has 1 saturated heterocycles. The molecule has 10 heteroatoms. The lowest BCUT2D eigenvalue weighted by Gasteiger charge is -2.36. The lowest BCUT2D eigenvalue weighted by molar-refractivity contribution is -0.139. The molecule has 0 spiro atoms. The Morgan fingerprint density at radius 1 is 1.37 bits per heavy atom. The van der Waals surface area contributed by atoms with Gasteiger partial charge in [0, 0.05) is 37.7 Å². The molecular weight excluding hydrogens is 391 g/mol. The monoisotopic (exact) mass is 412 g/mol. The van der Waals surface area contributed by atoms with E-state index >= 15 is 4.39 Å². The van der Waals surface area contributed by atoms with Crippen LogP contribution in [0.3, 0.4) is 0 Å². The second-order valence-corrected chi connectivity index (χ2v) is 7.40. The maximum absolute atomic E-state index is 15.0. The first-order valence-corrected chi connectivity index (χ1v) is 9.69. The number of aromatic nitrogens is 3. The van der Waals surface area contributed by atoms with Crippen LogP contribution in [0.1, 0.15) is 17.5 Å². The Hall–Kier alpha value is -3.48. The van der Waals surface area contributed by atoms with Crippen molar-refractivity contribution < 1.29 is 13.9 Å². The highest BCUT2D eigenvalue weighted by Gasteiger charge is 2.38. The second kappa shape index (κ2) is 8.10. The van der Waals surface area contributed by atoms with Crippen LogP contribution in [0.2, 0.25) is 0 Å². The Morgan fingerprint density at radius 2 is 2.20 bits per heavy atom. The zero-order valence-electron chi connectivity index (χ0n) is 16.5. The third-order valence-corrected chi connectivity index (χ3v) is 5.56. The zero-order valence-corrected chi connectivity index (χ0v) is 16.5. The molecule has 2 atom stereocenters. The summed E-state index contributed by atoms with van der Waals surface area (Å²) in [5.41, 5.74) is 1.04. The average Bonchev–Trinajstić information content (AvgIpc) is 2.97. The van der Waals surface area contributed by atoms with Gasteiger partial charge in [0.2, 0.25) is 5.91 Å². The molecule has 2 aliphatic heterocycles. The van der Waals surface area contributed by atoms with E-state index in [0.717, 1.165) is 0 Å². The number of anilines is 1. The highest BCUT2D eigenvalue weighted by molar-refractivity contribution is 5.80. The molecule has 0 radical (unpaired) electrons. The maximum atomic E-state index is 15.0. The number of fused-ring (bicyclic) bond motifs is 1. The van der Waals surface area contributed by atoms with Crippen LogP contribution >= 0.6 is 0 Å². The molecule has 0 N–H and O–H groups in total. The summed E-state index contributed by atoms with van der Waals surface area (Å²) in [7, 11) is 1.54. The lowest BCUT2D eigenvalue weighted by atomic mass is 9.93. The molecule has 2 aliphatic rings. The number of pyridine rings is 1. The number of halogens is 1. The van der Waals surface area contributed by atoms with E-state index in [0.29, 0.717) is 42.1 Å². The number of nitriles is 1. The molecule has 30 heavy (non-hydrogen) atoms. The van der Waals surface area contributed by atoms with Crippen molar-refractivity contribution in [3.05, 3.63) is 46.1 Å². The Morgan fingerprint density at radius 3 is 2.97 bits per heavy atom. The average molecular weight is 412 g/mol. The molecule has 9 nitrogen and oxygen atoms in total. The fourth-order valence-corrected chi connectivity index (χ4v) is 3.96. The summed E-state index contributed by atoms with van der Waals surface area (Å²) in [6, 6.07) is 3.61. The van der Waals surface area contributed by atoms with Crippen molar-refractivity contribution in [1.29, 1.82) is 5.26 Å². The number of nitrogens with zero attached hydrogens (tertiary/aromatic N) is 6. The Balaban J connectivity index is 1.48. The van der Waals surface area contributed by atoms with Crippen molar-refractivity contribution in [3.8, 4) is 11.8 Å². The minimum Gasteiger partial charge on any atom is -0.490 e. The first-order chi connectivity index (χ1) is 14.5. The van der Waals surface area contributed by atoms with Gasteiger partial charge in [-0.1, -0.05) is 0 Å². The Labute approximate surface area is 172 Å². The SMILES string of the molecule is Cn1nccc(N2CCC(C(=O)N3CCOc4c(C#N)cncc4C3)[C@@H](F)C2)c1=O. The van der Waals surface area contributed by atoms with Gasteiger partial charge in [-0.25, -0.2) is 9.07 Å². The lowest BCUT2D eigenvalue weighted by Crippen LogP contribution is -2.50. The van der Waals surface area contributed by atoms with Crippen molar-refractivity contribution in [2.45, 2.75) is 19.1 Å².